The van der Waals surface area contributed by atoms with E-state index < -0.39 is 16.6 Å². The molecular weight excluding hydrogens is 392 g/mol. The quantitative estimate of drug-likeness (QED) is 0.537. The molecule has 4 rings (SSSR count). The molecule has 2 fully saturated rings. The highest BCUT2D eigenvalue weighted by Gasteiger charge is 2.60. The summed E-state index contributed by atoms with van der Waals surface area (Å²) in [6.07, 6.45) is 5.16. The largest absolute Gasteiger partial charge is 0.544 e. The van der Waals surface area contributed by atoms with Crippen LogP contribution in [-0.4, -0.2) is 28.5 Å². The Kier molecular flexibility index (Phi) is 5.19. The van der Waals surface area contributed by atoms with Crippen molar-refractivity contribution >= 4 is 22.4 Å². The number of hydrogen-bond donors (Lipinski definition) is 0. The number of carbonyl (C=O) groups excluding carboxylic acids is 1. The van der Waals surface area contributed by atoms with Crippen molar-refractivity contribution in [1.82, 2.24) is 0 Å². The molecule has 0 aromatic heterocycles. The van der Waals surface area contributed by atoms with Gasteiger partial charge in [-0.3, -0.25) is 4.79 Å². The molecule has 0 aliphatic heterocycles. The molecule has 3 aliphatic carbocycles. The van der Waals surface area contributed by atoms with Gasteiger partial charge in [0.1, 0.15) is 11.5 Å². The van der Waals surface area contributed by atoms with Crippen molar-refractivity contribution in [3.05, 3.63) is 29.3 Å². The molecule has 0 amide bonds. The molecule has 160 valence electrons. The number of hydrogen-bond acceptors (Lipinski definition) is 3. The Morgan fingerprint density at radius 2 is 1.72 bits per heavy atom. The molecule has 3 aliphatic rings. The maximum atomic E-state index is 13.0. The first-order valence-electron chi connectivity index (χ1n) is 11.4. The molecule has 2 saturated carbocycles. The summed E-state index contributed by atoms with van der Waals surface area (Å²) in [5.41, 5.74) is 2.68. The Balaban J connectivity index is 1.69. The van der Waals surface area contributed by atoms with Crippen molar-refractivity contribution in [2.45, 2.75) is 90.3 Å². The zero-order chi connectivity index (χ0) is 21.2. The third kappa shape index (κ3) is 3.90. The normalized spacial score (nSPS) is 34.4. The van der Waals surface area contributed by atoms with Gasteiger partial charge in [-0.15, -0.1) is 0 Å². The molecule has 5 unspecified atom stereocenters. The van der Waals surface area contributed by atoms with Crippen molar-refractivity contribution in [2.75, 3.05) is 0 Å². The molecule has 1 aromatic carbocycles. The molecular formula is C24H38O3Si2. The number of carbonyl (C=O) groups is 1. The Labute approximate surface area is 178 Å². The van der Waals surface area contributed by atoms with E-state index in [1.54, 1.807) is 0 Å². The standard InChI is InChI=1S/C24H38O3Si2/c1-24-21(12-13-22(24)25)19-10-8-16-14-17(26-28(2,3)4)9-11-18(16)20(19)15-23(24)27-29(5,6)7/h9,11,14,19-21,23H,8,10,12-13,15H2,1-7H3. The summed E-state index contributed by atoms with van der Waals surface area (Å²) >= 11 is 0. The first kappa shape index (κ1) is 21.3. The lowest BCUT2D eigenvalue weighted by Crippen LogP contribution is -2.54. The first-order chi connectivity index (χ1) is 13.4. The number of rotatable bonds is 4. The molecule has 0 spiro atoms. The molecule has 5 atom stereocenters. The van der Waals surface area contributed by atoms with Gasteiger partial charge >= 0.3 is 0 Å². The van der Waals surface area contributed by atoms with Gasteiger partial charge in [0.2, 0.25) is 8.32 Å². The average molecular weight is 431 g/mol. The van der Waals surface area contributed by atoms with E-state index in [4.69, 9.17) is 8.85 Å². The highest BCUT2D eigenvalue weighted by molar-refractivity contribution is 6.70. The summed E-state index contributed by atoms with van der Waals surface area (Å²) in [4.78, 5) is 13.0. The van der Waals surface area contributed by atoms with Crippen LogP contribution in [0.2, 0.25) is 39.3 Å². The first-order valence-corrected chi connectivity index (χ1v) is 18.2. The van der Waals surface area contributed by atoms with E-state index in [0.717, 1.165) is 31.4 Å². The third-order valence-electron chi connectivity index (χ3n) is 7.40. The monoisotopic (exact) mass is 430 g/mol. The number of fused-ring (bicyclic) bond motifs is 5. The second kappa shape index (κ2) is 7.06. The molecule has 0 saturated heterocycles. The van der Waals surface area contributed by atoms with E-state index in [1.807, 2.05) is 0 Å². The van der Waals surface area contributed by atoms with Crippen molar-refractivity contribution in [2.24, 2.45) is 17.3 Å². The van der Waals surface area contributed by atoms with E-state index in [-0.39, 0.29) is 11.5 Å². The second-order valence-electron chi connectivity index (χ2n) is 11.7. The van der Waals surface area contributed by atoms with Crippen molar-refractivity contribution in [3.8, 4) is 5.75 Å². The van der Waals surface area contributed by atoms with Crippen LogP contribution in [0, 0.1) is 17.3 Å². The van der Waals surface area contributed by atoms with E-state index in [1.165, 1.54) is 17.5 Å². The minimum atomic E-state index is -1.73. The van der Waals surface area contributed by atoms with Gasteiger partial charge in [0.25, 0.3) is 0 Å². The van der Waals surface area contributed by atoms with Crippen LogP contribution in [0.3, 0.4) is 0 Å². The number of Topliss-reactive ketones (excluding diaryl/α,β-unsaturated/α-hetero) is 1. The predicted molar refractivity (Wildman–Crippen MR) is 124 cm³/mol. The topological polar surface area (TPSA) is 35.5 Å². The fourth-order valence-electron chi connectivity index (χ4n) is 6.33. The SMILES string of the molecule is CC12C(=O)CCC1C1CCc3cc(O[Si](C)(C)C)ccc3C1CC2O[Si](C)(C)C. The Morgan fingerprint density at radius 1 is 1.00 bits per heavy atom. The number of ketones is 1. The zero-order valence-electron chi connectivity index (χ0n) is 19.3. The number of benzene rings is 1. The Bertz CT molecular complexity index is 807. The van der Waals surface area contributed by atoms with Crippen LogP contribution >= 0.6 is 0 Å². The van der Waals surface area contributed by atoms with Gasteiger partial charge in [-0.25, -0.2) is 0 Å². The summed E-state index contributed by atoms with van der Waals surface area (Å²) in [5.74, 6) is 3.09. The molecule has 0 heterocycles. The Hall–Kier alpha value is -0.916. The van der Waals surface area contributed by atoms with Crippen LogP contribution in [0.1, 0.15) is 49.7 Å². The van der Waals surface area contributed by atoms with E-state index in [0.29, 0.717) is 23.5 Å². The summed E-state index contributed by atoms with van der Waals surface area (Å²) in [6, 6.07) is 6.81. The maximum absolute atomic E-state index is 13.0. The molecule has 5 heteroatoms. The van der Waals surface area contributed by atoms with Gasteiger partial charge < -0.3 is 8.85 Å². The Morgan fingerprint density at radius 3 is 2.38 bits per heavy atom. The van der Waals surface area contributed by atoms with Crippen molar-refractivity contribution in [3.63, 3.8) is 0 Å². The van der Waals surface area contributed by atoms with Crippen LogP contribution in [0.5, 0.6) is 5.75 Å². The van der Waals surface area contributed by atoms with Crippen LogP contribution < -0.4 is 4.43 Å². The summed E-state index contributed by atoms with van der Waals surface area (Å²) in [6.45, 7) is 15.7. The molecule has 0 N–H and O–H groups in total. The van der Waals surface area contributed by atoms with E-state index in [2.05, 4.69) is 64.4 Å². The van der Waals surface area contributed by atoms with Gasteiger partial charge in [-0.05, 0) is 113 Å². The van der Waals surface area contributed by atoms with E-state index in [9.17, 15) is 4.79 Å². The fraction of sp³-hybridized carbons (Fsp3) is 0.708. The van der Waals surface area contributed by atoms with Gasteiger partial charge in [0.05, 0.1) is 11.5 Å². The second-order valence-corrected chi connectivity index (χ2v) is 20.6. The zero-order valence-corrected chi connectivity index (χ0v) is 21.3. The minimum absolute atomic E-state index is 0.0688. The predicted octanol–water partition coefficient (Wildman–Crippen LogP) is 6.16. The van der Waals surface area contributed by atoms with Crippen LogP contribution in [0.4, 0.5) is 0 Å². The van der Waals surface area contributed by atoms with Crippen LogP contribution in [-0.2, 0) is 15.6 Å². The molecule has 0 bridgehead atoms. The van der Waals surface area contributed by atoms with Gasteiger partial charge in [-0.2, -0.15) is 0 Å². The van der Waals surface area contributed by atoms with Crippen LogP contribution in [0.25, 0.3) is 0 Å². The lowest BCUT2D eigenvalue weighted by Gasteiger charge is -2.53. The van der Waals surface area contributed by atoms with Crippen molar-refractivity contribution < 1.29 is 13.6 Å². The minimum Gasteiger partial charge on any atom is -0.544 e. The highest BCUT2D eigenvalue weighted by atomic mass is 28.4. The molecule has 1 aromatic rings. The van der Waals surface area contributed by atoms with E-state index >= 15 is 0 Å². The van der Waals surface area contributed by atoms with Gasteiger partial charge in [0, 0.05) is 6.42 Å². The molecule has 29 heavy (non-hydrogen) atoms. The summed E-state index contributed by atoms with van der Waals surface area (Å²) in [7, 11) is -3.34. The highest BCUT2D eigenvalue weighted by Crippen LogP contribution is 2.60. The summed E-state index contributed by atoms with van der Waals surface area (Å²) < 4.78 is 13.0. The van der Waals surface area contributed by atoms with Crippen molar-refractivity contribution in [1.29, 1.82) is 0 Å². The van der Waals surface area contributed by atoms with Gasteiger partial charge in [0.15, 0.2) is 8.32 Å². The average Bonchev–Trinajstić information content (AvgIpc) is 2.89. The van der Waals surface area contributed by atoms with Gasteiger partial charge in [-0.1, -0.05) is 6.07 Å². The lowest BCUT2D eigenvalue weighted by atomic mass is 9.54. The third-order valence-corrected chi connectivity index (χ3v) is 9.24. The fourth-order valence-corrected chi connectivity index (χ4v) is 8.36. The summed E-state index contributed by atoms with van der Waals surface area (Å²) in [5, 5.41) is 0. The van der Waals surface area contributed by atoms with Crippen LogP contribution in [0.15, 0.2) is 18.2 Å². The maximum Gasteiger partial charge on any atom is 0.242 e. The lowest BCUT2D eigenvalue weighted by molar-refractivity contribution is -0.139. The smallest absolute Gasteiger partial charge is 0.242 e. The number of aryl methyl sites for hydroxylation is 1. The molecule has 3 nitrogen and oxygen atoms in total. The molecule has 0 radical (unpaired) electrons.